The largest absolute Gasteiger partial charge is 0.496 e. The third-order valence-corrected chi connectivity index (χ3v) is 3.05. The Balaban J connectivity index is 2.04. The van der Waals surface area contributed by atoms with Crippen molar-refractivity contribution in [3.63, 3.8) is 0 Å². The second kappa shape index (κ2) is 5.68. The number of para-hydroxylation sites is 1. The SMILES string of the molecule is COc1ccccc1CNC(=O)c1[nH]ncc1Br. The van der Waals surface area contributed by atoms with Crippen LogP contribution < -0.4 is 10.1 Å². The molecule has 0 fully saturated rings. The van der Waals surface area contributed by atoms with Crippen LogP contribution >= 0.6 is 15.9 Å². The summed E-state index contributed by atoms with van der Waals surface area (Å²) in [6.07, 6.45) is 1.54. The molecule has 1 aromatic carbocycles. The summed E-state index contributed by atoms with van der Waals surface area (Å²) in [5, 5.41) is 9.20. The number of aromatic nitrogens is 2. The summed E-state index contributed by atoms with van der Waals surface area (Å²) in [5.41, 5.74) is 1.33. The van der Waals surface area contributed by atoms with Crippen LogP contribution in [0.1, 0.15) is 16.1 Å². The molecule has 5 nitrogen and oxygen atoms in total. The maximum Gasteiger partial charge on any atom is 0.270 e. The minimum Gasteiger partial charge on any atom is -0.496 e. The fourth-order valence-electron chi connectivity index (χ4n) is 1.54. The number of hydrogen-bond donors (Lipinski definition) is 2. The van der Waals surface area contributed by atoms with E-state index in [1.807, 2.05) is 24.3 Å². The van der Waals surface area contributed by atoms with Gasteiger partial charge in [-0.25, -0.2) is 0 Å². The predicted octanol–water partition coefficient (Wildman–Crippen LogP) is 2.11. The molecule has 0 atom stereocenters. The number of rotatable bonds is 4. The van der Waals surface area contributed by atoms with Gasteiger partial charge in [-0.1, -0.05) is 18.2 Å². The summed E-state index contributed by atoms with van der Waals surface area (Å²) in [7, 11) is 1.60. The van der Waals surface area contributed by atoms with Crippen molar-refractivity contribution in [2.24, 2.45) is 0 Å². The Kier molecular flexibility index (Phi) is 3.99. The number of hydrogen-bond acceptors (Lipinski definition) is 3. The number of aromatic amines is 1. The van der Waals surface area contributed by atoms with Crippen LogP contribution in [0.5, 0.6) is 5.75 Å². The number of carbonyl (C=O) groups excluding carboxylic acids is 1. The third-order valence-electron chi connectivity index (χ3n) is 2.45. The normalized spacial score (nSPS) is 10.1. The van der Waals surface area contributed by atoms with Gasteiger partial charge < -0.3 is 10.1 Å². The van der Waals surface area contributed by atoms with Gasteiger partial charge in [0, 0.05) is 12.1 Å². The molecule has 0 radical (unpaired) electrons. The van der Waals surface area contributed by atoms with E-state index in [0.29, 0.717) is 16.7 Å². The molecule has 0 spiro atoms. The zero-order valence-electron chi connectivity index (χ0n) is 9.74. The van der Waals surface area contributed by atoms with Gasteiger partial charge in [-0.15, -0.1) is 0 Å². The highest BCUT2D eigenvalue weighted by Crippen LogP contribution is 2.17. The molecule has 0 saturated heterocycles. The molecule has 18 heavy (non-hydrogen) atoms. The van der Waals surface area contributed by atoms with E-state index >= 15 is 0 Å². The lowest BCUT2D eigenvalue weighted by Crippen LogP contribution is -2.23. The van der Waals surface area contributed by atoms with Gasteiger partial charge in [-0.05, 0) is 22.0 Å². The van der Waals surface area contributed by atoms with Gasteiger partial charge in [0.15, 0.2) is 0 Å². The first-order chi connectivity index (χ1) is 8.72. The Morgan fingerprint density at radius 3 is 2.94 bits per heavy atom. The molecule has 0 unspecified atom stereocenters. The van der Waals surface area contributed by atoms with E-state index in [4.69, 9.17) is 4.74 Å². The molecule has 0 bridgehead atoms. The Morgan fingerprint density at radius 1 is 1.50 bits per heavy atom. The van der Waals surface area contributed by atoms with Crippen LogP contribution in [0.15, 0.2) is 34.9 Å². The number of H-pyrrole nitrogens is 1. The molecule has 0 aliphatic carbocycles. The molecular weight excluding hydrogens is 298 g/mol. The molecule has 0 aliphatic heterocycles. The van der Waals surface area contributed by atoms with E-state index in [-0.39, 0.29) is 5.91 Å². The number of ether oxygens (including phenoxy) is 1. The molecule has 1 heterocycles. The topological polar surface area (TPSA) is 67.0 Å². The second-order valence-electron chi connectivity index (χ2n) is 3.59. The summed E-state index contributed by atoms with van der Waals surface area (Å²) < 4.78 is 5.85. The molecule has 94 valence electrons. The van der Waals surface area contributed by atoms with E-state index in [1.54, 1.807) is 7.11 Å². The van der Waals surface area contributed by atoms with Gasteiger partial charge in [-0.3, -0.25) is 9.89 Å². The highest BCUT2D eigenvalue weighted by Gasteiger charge is 2.12. The highest BCUT2D eigenvalue weighted by atomic mass is 79.9. The van der Waals surface area contributed by atoms with Crippen LogP contribution in [-0.2, 0) is 6.54 Å². The first-order valence-corrected chi connectivity index (χ1v) is 6.10. The lowest BCUT2D eigenvalue weighted by molar-refractivity contribution is 0.0945. The maximum absolute atomic E-state index is 11.8. The Bertz CT molecular complexity index is 554. The first-order valence-electron chi connectivity index (χ1n) is 5.31. The lowest BCUT2D eigenvalue weighted by atomic mass is 10.2. The molecule has 1 aromatic heterocycles. The van der Waals surface area contributed by atoms with Gasteiger partial charge in [0.05, 0.1) is 17.8 Å². The predicted molar refractivity (Wildman–Crippen MR) is 70.5 cm³/mol. The van der Waals surface area contributed by atoms with Crippen LogP contribution in [-0.4, -0.2) is 23.2 Å². The van der Waals surface area contributed by atoms with Crippen molar-refractivity contribution in [1.29, 1.82) is 0 Å². The van der Waals surface area contributed by atoms with Gasteiger partial charge in [0.25, 0.3) is 5.91 Å². The Morgan fingerprint density at radius 2 is 2.28 bits per heavy atom. The summed E-state index contributed by atoms with van der Waals surface area (Å²) in [4.78, 5) is 11.8. The van der Waals surface area contributed by atoms with Crippen LogP contribution in [0.2, 0.25) is 0 Å². The number of carbonyl (C=O) groups is 1. The number of amides is 1. The smallest absolute Gasteiger partial charge is 0.270 e. The summed E-state index contributed by atoms with van der Waals surface area (Å²) in [5.74, 6) is 0.534. The molecule has 2 aromatic rings. The number of nitrogens with one attached hydrogen (secondary N) is 2. The maximum atomic E-state index is 11.8. The molecule has 6 heteroatoms. The second-order valence-corrected chi connectivity index (χ2v) is 4.44. The average Bonchev–Trinajstić information content (AvgIpc) is 2.82. The summed E-state index contributed by atoms with van der Waals surface area (Å²) in [6.45, 7) is 0.397. The number of benzene rings is 1. The highest BCUT2D eigenvalue weighted by molar-refractivity contribution is 9.10. The van der Waals surface area contributed by atoms with Crippen molar-refractivity contribution < 1.29 is 9.53 Å². The number of halogens is 1. The summed E-state index contributed by atoms with van der Waals surface area (Å²) in [6, 6.07) is 7.54. The van der Waals surface area contributed by atoms with Crippen molar-refractivity contribution in [1.82, 2.24) is 15.5 Å². The number of nitrogens with zero attached hydrogens (tertiary/aromatic N) is 1. The minimum atomic E-state index is -0.217. The zero-order chi connectivity index (χ0) is 13.0. The summed E-state index contributed by atoms with van der Waals surface area (Å²) >= 11 is 3.24. The third kappa shape index (κ3) is 2.70. The van der Waals surface area contributed by atoms with Gasteiger partial charge in [-0.2, -0.15) is 5.10 Å². The van der Waals surface area contributed by atoms with Gasteiger partial charge in [0.2, 0.25) is 0 Å². The van der Waals surface area contributed by atoms with Crippen LogP contribution in [0.3, 0.4) is 0 Å². The van der Waals surface area contributed by atoms with E-state index in [0.717, 1.165) is 11.3 Å². The molecule has 2 rings (SSSR count). The standard InChI is InChI=1S/C12H12BrN3O2/c1-18-10-5-3-2-4-8(10)6-14-12(17)11-9(13)7-15-16-11/h2-5,7H,6H2,1H3,(H,14,17)(H,15,16). The fraction of sp³-hybridized carbons (Fsp3) is 0.167. The van der Waals surface area contributed by atoms with Gasteiger partial charge in [0.1, 0.15) is 11.4 Å². The molecule has 2 N–H and O–H groups in total. The van der Waals surface area contributed by atoms with Gasteiger partial charge >= 0.3 is 0 Å². The van der Waals surface area contributed by atoms with E-state index < -0.39 is 0 Å². The van der Waals surface area contributed by atoms with Crippen molar-refractivity contribution in [2.45, 2.75) is 6.54 Å². The monoisotopic (exact) mass is 309 g/mol. The lowest BCUT2D eigenvalue weighted by Gasteiger charge is -2.08. The Labute approximate surface area is 113 Å². The van der Waals surface area contributed by atoms with E-state index in [9.17, 15) is 4.79 Å². The van der Waals surface area contributed by atoms with Crippen LogP contribution in [0.25, 0.3) is 0 Å². The molecule has 0 aliphatic rings. The van der Waals surface area contributed by atoms with Crippen molar-refractivity contribution in [3.8, 4) is 5.75 Å². The van der Waals surface area contributed by atoms with Crippen LogP contribution in [0.4, 0.5) is 0 Å². The van der Waals surface area contributed by atoms with E-state index in [2.05, 4.69) is 31.4 Å². The Hall–Kier alpha value is -1.82. The fourth-order valence-corrected chi connectivity index (χ4v) is 1.91. The van der Waals surface area contributed by atoms with Crippen LogP contribution in [0, 0.1) is 0 Å². The van der Waals surface area contributed by atoms with Crippen molar-refractivity contribution in [3.05, 3.63) is 46.2 Å². The van der Waals surface area contributed by atoms with Crippen molar-refractivity contribution >= 4 is 21.8 Å². The quantitative estimate of drug-likeness (QED) is 0.909. The average molecular weight is 310 g/mol. The zero-order valence-corrected chi connectivity index (χ0v) is 11.3. The van der Waals surface area contributed by atoms with E-state index in [1.165, 1.54) is 6.20 Å². The number of methoxy groups -OCH3 is 1. The first kappa shape index (κ1) is 12.6. The molecular formula is C12H12BrN3O2. The molecule has 1 amide bonds. The van der Waals surface area contributed by atoms with Crippen molar-refractivity contribution in [2.75, 3.05) is 7.11 Å². The minimum absolute atomic E-state index is 0.217. The molecule has 0 saturated carbocycles.